The zero-order valence-electron chi connectivity index (χ0n) is 37.9. The summed E-state index contributed by atoms with van der Waals surface area (Å²) in [5, 5.41) is 9.91. The number of fused-ring (bicyclic) bond motifs is 2. The van der Waals surface area contributed by atoms with Crippen LogP contribution in [0.15, 0.2) is 224 Å². The van der Waals surface area contributed by atoms with E-state index < -0.39 is 0 Å². The molecule has 2 aliphatic rings. The Labute approximate surface area is 387 Å². The summed E-state index contributed by atoms with van der Waals surface area (Å²) in [5.74, 6) is 0.388. The van der Waals surface area contributed by atoms with E-state index in [0.29, 0.717) is 5.92 Å². The third kappa shape index (κ3) is 6.80. The largest absolute Gasteiger partial charge is 0.310 e. The summed E-state index contributed by atoms with van der Waals surface area (Å²) in [6.07, 6.45) is 14.8. The molecule has 2 aliphatic carbocycles. The van der Waals surface area contributed by atoms with Crippen molar-refractivity contribution in [3.63, 3.8) is 0 Å². The van der Waals surface area contributed by atoms with Crippen LogP contribution >= 0.6 is 0 Å². The van der Waals surface area contributed by atoms with Crippen LogP contribution in [-0.2, 0) is 0 Å². The monoisotopic (exact) mass is 846 g/mol. The summed E-state index contributed by atoms with van der Waals surface area (Å²) in [6, 6.07) is 66.0. The van der Waals surface area contributed by atoms with Gasteiger partial charge in [-0.3, -0.25) is 0 Å². The van der Waals surface area contributed by atoms with E-state index in [2.05, 4.69) is 250 Å². The fraction of sp³-hybridized carbons (Fsp3) is 0.0938. The van der Waals surface area contributed by atoms with E-state index in [1.807, 2.05) is 0 Å². The molecule has 0 amide bonds. The first-order chi connectivity index (χ1) is 32.3. The summed E-state index contributed by atoms with van der Waals surface area (Å²) in [5.41, 5.74) is 18.1. The molecule has 0 saturated carbocycles. The summed E-state index contributed by atoms with van der Waals surface area (Å²) in [7, 11) is 0. The molecule has 0 radical (unpaired) electrons. The molecule has 10 aromatic carbocycles. The highest BCUT2D eigenvalue weighted by molar-refractivity contribution is 6.32. The van der Waals surface area contributed by atoms with E-state index in [1.165, 1.54) is 110 Å². The molecule has 1 unspecified atom stereocenters. The lowest BCUT2D eigenvalue weighted by Gasteiger charge is -2.33. The van der Waals surface area contributed by atoms with Crippen LogP contribution in [0.5, 0.6) is 0 Å². The predicted octanol–water partition coefficient (Wildman–Crippen LogP) is 17.9. The Morgan fingerprint density at radius 3 is 1.53 bits per heavy atom. The second-order valence-corrected chi connectivity index (χ2v) is 18.4. The Morgan fingerprint density at radius 1 is 0.424 bits per heavy atom. The van der Waals surface area contributed by atoms with Gasteiger partial charge in [0.05, 0.1) is 11.4 Å². The molecule has 316 valence electrons. The molecular formula is C64H50N2. The molecule has 0 aliphatic heterocycles. The molecule has 12 rings (SSSR count). The maximum Gasteiger partial charge on any atom is 0.0546 e. The fourth-order valence-electron chi connectivity index (χ4n) is 11.0. The molecule has 2 nitrogen and oxygen atoms in total. The minimum Gasteiger partial charge on any atom is -0.310 e. The van der Waals surface area contributed by atoms with Gasteiger partial charge in [-0.05, 0) is 160 Å². The average molecular weight is 847 g/mol. The second kappa shape index (κ2) is 15.9. The lowest BCUT2D eigenvalue weighted by atomic mass is 9.84. The smallest absolute Gasteiger partial charge is 0.0546 e. The second-order valence-electron chi connectivity index (χ2n) is 18.4. The number of hydrogen-bond donors (Lipinski definition) is 0. The van der Waals surface area contributed by atoms with Crippen molar-refractivity contribution in [1.29, 1.82) is 0 Å². The van der Waals surface area contributed by atoms with Gasteiger partial charge >= 0.3 is 0 Å². The van der Waals surface area contributed by atoms with E-state index in [9.17, 15) is 0 Å². The Hall–Kier alpha value is -7.94. The first-order valence-electron chi connectivity index (χ1n) is 23.3. The van der Waals surface area contributed by atoms with Gasteiger partial charge in [0.2, 0.25) is 0 Å². The van der Waals surface area contributed by atoms with Gasteiger partial charge in [0.1, 0.15) is 0 Å². The van der Waals surface area contributed by atoms with Crippen LogP contribution in [0.2, 0.25) is 0 Å². The van der Waals surface area contributed by atoms with E-state index in [1.54, 1.807) is 0 Å². The van der Waals surface area contributed by atoms with Crippen molar-refractivity contribution in [3.8, 4) is 22.3 Å². The minimum atomic E-state index is 0.388. The summed E-state index contributed by atoms with van der Waals surface area (Å²) < 4.78 is 0. The van der Waals surface area contributed by atoms with Gasteiger partial charge in [0.25, 0.3) is 0 Å². The average Bonchev–Trinajstić information content (AvgIpc) is 3.33. The number of rotatable bonds is 8. The third-order valence-electron chi connectivity index (χ3n) is 13.8. The molecule has 0 heterocycles. The first kappa shape index (κ1) is 39.6. The van der Waals surface area contributed by atoms with Gasteiger partial charge in [0, 0.05) is 50.2 Å². The van der Waals surface area contributed by atoms with E-state index in [0.717, 1.165) is 23.5 Å². The van der Waals surface area contributed by atoms with Gasteiger partial charge < -0.3 is 9.80 Å². The van der Waals surface area contributed by atoms with Crippen molar-refractivity contribution < 1.29 is 0 Å². The topological polar surface area (TPSA) is 6.48 Å². The SMILES string of the molecule is Cc1cc(C)cc(N(C2=CCC3C=CC=CC3=C2)c2cc(-c3ccccc3)c3ccc4c(N(c5cc(C)cc(C)c5)c5ccc6ccccc6c5)cc(-c5ccccc5)c5ccc2c3c54)c1. The molecule has 0 fully saturated rings. The van der Waals surface area contributed by atoms with Crippen LogP contribution < -0.4 is 9.80 Å². The number of hydrogen-bond acceptors (Lipinski definition) is 2. The van der Waals surface area contributed by atoms with Crippen molar-refractivity contribution in [2.45, 2.75) is 34.1 Å². The van der Waals surface area contributed by atoms with Crippen molar-refractivity contribution in [1.82, 2.24) is 0 Å². The van der Waals surface area contributed by atoms with Crippen LogP contribution in [-0.4, -0.2) is 0 Å². The molecular weight excluding hydrogens is 797 g/mol. The number of anilines is 5. The number of benzene rings is 10. The van der Waals surface area contributed by atoms with Gasteiger partial charge in [-0.1, -0.05) is 158 Å². The summed E-state index contributed by atoms with van der Waals surface area (Å²) in [6.45, 7) is 8.86. The molecule has 0 spiro atoms. The molecule has 0 aromatic heterocycles. The lowest BCUT2D eigenvalue weighted by Crippen LogP contribution is -2.20. The van der Waals surface area contributed by atoms with Gasteiger partial charge in [-0.2, -0.15) is 0 Å². The lowest BCUT2D eigenvalue weighted by molar-refractivity contribution is 0.768. The summed E-state index contributed by atoms with van der Waals surface area (Å²) >= 11 is 0. The highest BCUT2D eigenvalue weighted by atomic mass is 15.2. The van der Waals surface area contributed by atoms with Crippen LogP contribution in [0.1, 0.15) is 28.7 Å². The molecule has 1 atom stereocenters. The van der Waals surface area contributed by atoms with Crippen molar-refractivity contribution in [2.75, 3.05) is 9.80 Å². The molecule has 10 aromatic rings. The molecule has 2 heteroatoms. The maximum absolute atomic E-state index is 2.55. The normalized spacial score (nSPS) is 14.5. The van der Waals surface area contributed by atoms with Gasteiger partial charge in [-0.25, -0.2) is 0 Å². The Morgan fingerprint density at radius 2 is 0.939 bits per heavy atom. The van der Waals surface area contributed by atoms with E-state index in [4.69, 9.17) is 0 Å². The van der Waals surface area contributed by atoms with Gasteiger partial charge in [-0.15, -0.1) is 0 Å². The van der Waals surface area contributed by atoms with Crippen molar-refractivity contribution in [2.24, 2.45) is 5.92 Å². The summed E-state index contributed by atoms with van der Waals surface area (Å²) in [4.78, 5) is 5.05. The third-order valence-corrected chi connectivity index (χ3v) is 13.8. The van der Waals surface area contributed by atoms with Crippen LogP contribution in [0.3, 0.4) is 0 Å². The number of nitrogens with zero attached hydrogens (tertiary/aromatic N) is 2. The molecule has 0 bridgehead atoms. The van der Waals surface area contributed by atoms with E-state index >= 15 is 0 Å². The van der Waals surface area contributed by atoms with Crippen LogP contribution in [0, 0.1) is 33.6 Å². The van der Waals surface area contributed by atoms with Gasteiger partial charge in [0.15, 0.2) is 0 Å². The Bertz CT molecular complexity index is 3620. The Kier molecular flexibility index (Phi) is 9.57. The van der Waals surface area contributed by atoms with Crippen molar-refractivity contribution in [3.05, 3.63) is 246 Å². The highest BCUT2D eigenvalue weighted by Crippen LogP contribution is 2.52. The number of aryl methyl sites for hydroxylation is 4. The molecule has 66 heavy (non-hydrogen) atoms. The standard InChI is InChI=1S/C64H50N2/c1-41-31-42(2)34-53(33-41)65(51-25-23-45-15-11-13-21-49(45)37-51)61-39-59(47-17-7-5-8-18-47)55-28-30-58-62(40-60(48-19-9-6-10-20-48)56-27-29-57(61)63(55)64(56)58)66(54-35-43(3)32-44(4)36-54)52-26-24-46-16-12-14-22-50(46)38-52/h5-23,25-40,46H,24H2,1-4H3. The zero-order chi connectivity index (χ0) is 44.5. The quantitative estimate of drug-likeness (QED) is 0.141. The van der Waals surface area contributed by atoms with E-state index in [-0.39, 0.29) is 0 Å². The van der Waals surface area contributed by atoms with Crippen LogP contribution in [0.25, 0.3) is 65.3 Å². The number of allylic oxidation sites excluding steroid dienone is 7. The molecule has 0 N–H and O–H groups in total. The fourth-order valence-corrected chi connectivity index (χ4v) is 11.0. The zero-order valence-corrected chi connectivity index (χ0v) is 37.9. The minimum absolute atomic E-state index is 0.388. The Balaban J connectivity index is 1.23. The predicted molar refractivity (Wildman–Crippen MR) is 283 cm³/mol. The van der Waals surface area contributed by atoms with Crippen molar-refractivity contribution >= 4 is 71.5 Å². The maximum atomic E-state index is 2.55. The molecule has 0 saturated heterocycles. The van der Waals surface area contributed by atoms with Crippen LogP contribution in [0.4, 0.5) is 28.4 Å². The first-order valence-corrected chi connectivity index (χ1v) is 23.3. The highest BCUT2D eigenvalue weighted by Gasteiger charge is 2.28.